The van der Waals surface area contributed by atoms with Crippen LogP contribution >= 0.6 is 11.6 Å². The molecule has 0 aliphatic rings. The van der Waals surface area contributed by atoms with E-state index in [1.165, 1.54) is 6.07 Å². The van der Waals surface area contributed by atoms with E-state index in [0.717, 1.165) is 11.3 Å². The fraction of sp³-hybridized carbons (Fsp3) is 0.0526. The van der Waals surface area contributed by atoms with Crippen molar-refractivity contribution in [1.29, 1.82) is 0 Å². The summed E-state index contributed by atoms with van der Waals surface area (Å²) in [5.74, 6) is -0.493. The number of furan rings is 1. The Labute approximate surface area is 153 Å². The molecule has 1 aromatic carbocycles. The van der Waals surface area contributed by atoms with Crippen molar-refractivity contribution >= 4 is 34.1 Å². The summed E-state index contributed by atoms with van der Waals surface area (Å²) >= 11 is 5.92. The van der Waals surface area contributed by atoms with E-state index in [1.54, 1.807) is 24.5 Å². The van der Waals surface area contributed by atoms with Gasteiger partial charge in [0.25, 0.3) is 0 Å². The second kappa shape index (κ2) is 6.00. The molecule has 0 saturated heterocycles. The highest BCUT2D eigenvalue weighted by Crippen LogP contribution is 2.42. The number of rotatable bonds is 2. The molecule has 0 saturated carbocycles. The number of hydrogen-bond acceptors (Lipinski definition) is 5. The van der Waals surface area contributed by atoms with Gasteiger partial charge in [-0.2, -0.15) is 0 Å². The third-order valence-corrected chi connectivity index (χ3v) is 4.48. The van der Waals surface area contributed by atoms with E-state index in [-0.39, 0.29) is 22.2 Å². The largest absolute Gasteiger partial charge is 0.436 e. The maximum absolute atomic E-state index is 14.6. The molecule has 0 spiro atoms. The van der Waals surface area contributed by atoms with Crippen molar-refractivity contribution in [3.8, 4) is 22.4 Å². The Kier molecular flexibility index (Phi) is 3.77. The molecule has 5 nitrogen and oxygen atoms in total. The highest BCUT2D eigenvalue weighted by Gasteiger charge is 2.21. The second-order valence-corrected chi connectivity index (χ2v) is 6.30. The van der Waals surface area contributed by atoms with Crippen LogP contribution in [-0.2, 0) is 0 Å². The maximum Gasteiger partial charge on any atom is 0.215 e. The van der Waals surface area contributed by atoms with Gasteiger partial charge in [0.15, 0.2) is 5.58 Å². The predicted molar refractivity (Wildman–Crippen MR) is 101 cm³/mol. The van der Waals surface area contributed by atoms with Gasteiger partial charge in [0.2, 0.25) is 5.88 Å². The van der Waals surface area contributed by atoms with Gasteiger partial charge in [-0.05, 0) is 25.1 Å². The van der Waals surface area contributed by atoms with Crippen LogP contribution in [0.25, 0.3) is 33.4 Å². The van der Waals surface area contributed by atoms with Gasteiger partial charge in [0.1, 0.15) is 17.2 Å². The normalized spacial score (nSPS) is 11.2. The fourth-order valence-corrected chi connectivity index (χ4v) is 3.14. The minimum atomic E-state index is -0.552. The molecule has 3 aromatic heterocycles. The average Bonchev–Trinajstić information content (AvgIpc) is 2.92. The third kappa shape index (κ3) is 2.46. The SMILES string of the molecule is Cc1cc(-c2ncc(-c3cccc(Cl)c3F)c3c(N)c(N)oc23)ccn1. The summed E-state index contributed by atoms with van der Waals surface area (Å²) in [5.41, 5.74) is 15.6. The molecule has 4 rings (SSSR count). The quantitative estimate of drug-likeness (QED) is 0.529. The van der Waals surface area contributed by atoms with Crippen molar-refractivity contribution in [2.75, 3.05) is 11.5 Å². The lowest BCUT2D eigenvalue weighted by molar-refractivity contribution is 0.631. The molecule has 0 bridgehead atoms. The molecule has 4 N–H and O–H groups in total. The molecule has 7 heteroatoms. The van der Waals surface area contributed by atoms with Crippen LogP contribution in [0, 0.1) is 12.7 Å². The number of anilines is 2. The molecule has 0 radical (unpaired) electrons. The van der Waals surface area contributed by atoms with E-state index < -0.39 is 5.82 Å². The van der Waals surface area contributed by atoms with Gasteiger partial charge in [0.05, 0.1) is 10.4 Å². The summed E-state index contributed by atoms with van der Waals surface area (Å²) in [6.45, 7) is 1.88. The van der Waals surface area contributed by atoms with Gasteiger partial charge in [-0.3, -0.25) is 9.97 Å². The van der Waals surface area contributed by atoms with E-state index in [9.17, 15) is 4.39 Å². The number of hydrogen-bond donors (Lipinski definition) is 2. The lowest BCUT2D eigenvalue weighted by atomic mass is 10.00. The standard InChI is InChI=1S/C19H14ClFN4O/c1-9-7-10(5-6-24-9)17-18-14(16(22)19(23)26-18)12(8-25-17)11-3-2-4-13(20)15(11)21/h2-8H,22-23H2,1H3. The van der Waals surface area contributed by atoms with Crippen molar-refractivity contribution in [1.82, 2.24) is 9.97 Å². The van der Waals surface area contributed by atoms with Gasteiger partial charge >= 0.3 is 0 Å². The minimum Gasteiger partial charge on any atom is -0.436 e. The highest BCUT2D eigenvalue weighted by molar-refractivity contribution is 6.31. The molecule has 0 atom stereocenters. The Balaban J connectivity index is 2.07. The molecular formula is C19H14ClFN4O. The summed E-state index contributed by atoms with van der Waals surface area (Å²) in [4.78, 5) is 8.66. The van der Waals surface area contributed by atoms with Gasteiger partial charge in [-0.1, -0.05) is 23.7 Å². The van der Waals surface area contributed by atoms with E-state index in [2.05, 4.69) is 9.97 Å². The number of pyridine rings is 2. The van der Waals surface area contributed by atoms with Gasteiger partial charge in [0, 0.05) is 34.8 Å². The van der Waals surface area contributed by atoms with Crippen LogP contribution in [-0.4, -0.2) is 9.97 Å². The molecule has 0 amide bonds. The maximum atomic E-state index is 14.6. The average molecular weight is 369 g/mol. The number of aromatic nitrogens is 2. The second-order valence-electron chi connectivity index (χ2n) is 5.89. The minimum absolute atomic E-state index is 0.0134. The number of benzene rings is 1. The first-order chi connectivity index (χ1) is 12.5. The van der Waals surface area contributed by atoms with Gasteiger partial charge in [-0.25, -0.2) is 4.39 Å². The molecule has 0 aliphatic carbocycles. The van der Waals surface area contributed by atoms with Crippen molar-refractivity contribution < 1.29 is 8.81 Å². The monoisotopic (exact) mass is 368 g/mol. The highest BCUT2D eigenvalue weighted by atomic mass is 35.5. The Bertz CT molecular complexity index is 1160. The van der Waals surface area contributed by atoms with E-state index in [4.69, 9.17) is 27.5 Å². The van der Waals surface area contributed by atoms with Crippen LogP contribution in [0.15, 0.2) is 47.1 Å². The zero-order valence-electron chi connectivity index (χ0n) is 13.8. The van der Waals surface area contributed by atoms with Crippen molar-refractivity contribution in [3.05, 3.63) is 59.3 Å². The number of nitrogens with two attached hydrogens (primary N) is 2. The van der Waals surface area contributed by atoms with E-state index in [0.29, 0.717) is 22.2 Å². The van der Waals surface area contributed by atoms with Crippen LogP contribution in [0.3, 0.4) is 0 Å². The molecule has 3 heterocycles. The summed E-state index contributed by atoms with van der Waals surface area (Å²) in [7, 11) is 0. The molecule has 130 valence electrons. The molecule has 0 fully saturated rings. The van der Waals surface area contributed by atoms with Gasteiger partial charge in [-0.15, -0.1) is 0 Å². The lowest BCUT2D eigenvalue weighted by Crippen LogP contribution is -1.94. The van der Waals surface area contributed by atoms with Gasteiger partial charge < -0.3 is 15.9 Å². The topological polar surface area (TPSA) is 91.0 Å². The Morgan fingerprint density at radius 3 is 2.69 bits per heavy atom. The molecule has 4 aromatic rings. The molecular weight excluding hydrogens is 355 g/mol. The van der Waals surface area contributed by atoms with Crippen LogP contribution < -0.4 is 11.5 Å². The number of nitrogens with zero attached hydrogens (tertiary/aromatic N) is 2. The first kappa shape index (κ1) is 16.4. The summed E-state index contributed by atoms with van der Waals surface area (Å²) in [6.07, 6.45) is 3.23. The van der Waals surface area contributed by atoms with Crippen molar-refractivity contribution in [3.63, 3.8) is 0 Å². The van der Waals surface area contributed by atoms with Crippen molar-refractivity contribution in [2.24, 2.45) is 0 Å². The number of halogens is 2. The molecule has 0 aliphatic heterocycles. The fourth-order valence-electron chi connectivity index (χ4n) is 2.96. The first-order valence-corrected chi connectivity index (χ1v) is 8.19. The predicted octanol–water partition coefficient (Wildman–Crippen LogP) is 4.82. The zero-order valence-corrected chi connectivity index (χ0v) is 14.5. The number of aryl methyl sites for hydroxylation is 1. The van der Waals surface area contributed by atoms with E-state index in [1.807, 2.05) is 19.1 Å². The lowest BCUT2D eigenvalue weighted by Gasteiger charge is -2.09. The number of nitrogen functional groups attached to an aromatic ring is 2. The molecule has 26 heavy (non-hydrogen) atoms. The van der Waals surface area contributed by atoms with Crippen LogP contribution in [0.4, 0.5) is 16.0 Å². The van der Waals surface area contributed by atoms with Crippen LogP contribution in [0.2, 0.25) is 5.02 Å². The molecule has 0 unspecified atom stereocenters. The Hall–Kier alpha value is -3.12. The summed E-state index contributed by atoms with van der Waals surface area (Å²) in [6, 6.07) is 8.43. The van der Waals surface area contributed by atoms with Crippen LogP contribution in [0.5, 0.6) is 0 Å². The van der Waals surface area contributed by atoms with E-state index >= 15 is 0 Å². The number of fused-ring (bicyclic) bond motifs is 1. The van der Waals surface area contributed by atoms with Crippen molar-refractivity contribution in [2.45, 2.75) is 6.92 Å². The summed E-state index contributed by atoms with van der Waals surface area (Å²) in [5, 5.41) is 0.516. The van der Waals surface area contributed by atoms with Crippen LogP contribution in [0.1, 0.15) is 5.69 Å². The first-order valence-electron chi connectivity index (χ1n) is 7.81. The third-order valence-electron chi connectivity index (χ3n) is 4.19. The Morgan fingerprint density at radius 1 is 1.12 bits per heavy atom. The Morgan fingerprint density at radius 2 is 1.92 bits per heavy atom. The zero-order chi connectivity index (χ0) is 18.4. The summed E-state index contributed by atoms with van der Waals surface area (Å²) < 4.78 is 20.2. The smallest absolute Gasteiger partial charge is 0.215 e.